The first kappa shape index (κ1) is 38.3. The van der Waals surface area contributed by atoms with Crippen molar-refractivity contribution in [2.45, 2.75) is 46.0 Å². The van der Waals surface area contributed by atoms with Gasteiger partial charge in [-0.2, -0.15) is 0 Å². The van der Waals surface area contributed by atoms with E-state index in [1.807, 2.05) is 24.4 Å². The molecule has 0 fully saturated rings. The largest absolute Gasteiger partial charge is 0.463 e. The van der Waals surface area contributed by atoms with Crippen molar-refractivity contribution in [2.24, 2.45) is 11.3 Å². The van der Waals surface area contributed by atoms with Crippen LogP contribution in [0, 0.1) is 11.3 Å². The third-order valence-corrected chi connectivity index (χ3v) is 11.6. The number of aromatic nitrogens is 1. The number of fused-ring (bicyclic) bond motifs is 2. The maximum atomic E-state index is 5.93. The van der Waals surface area contributed by atoms with Crippen LogP contribution < -0.4 is 15.7 Å². The molecule has 1 aliphatic rings. The van der Waals surface area contributed by atoms with Crippen molar-refractivity contribution >= 4 is 34.3 Å². The van der Waals surface area contributed by atoms with Gasteiger partial charge >= 0.3 is 0 Å². The Hall–Kier alpha value is -6.58. The fourth-order valence-electron chi connectivity index (χ4n) is 8.26. The second-order valence-electron chi connectivity index (χ2n) is 16.6. The predicted octanol–water partition coefficient (Wildman–Crippen LogP) is 13.7. The number of anilines is 2. The molecule has 3 heteroatoms. The zero-order valence-corrected chi connectivity index (χ0v) is 34.0. The quantitative estimate of drug-likeness (QED) is 0.141. The van der Waals surface area contributed by atoms with E-state index in [1.165, 1.54) is 49.7 Å². The van der Waals surface area contributed by atoms with Gasteiger partial charge in [-0.1, -0.05) is 161 Å². The van der Waals surface area contributed by atoms with Crippen molar-refractivity contribution in [3.8, 4) is 33.4 Å². The molecule has 7 aromatic rings. The van der Waals surface area contributed by atoms with Crippen LogP contribution in [0.25, 0.3) is 56.3 Å². The monoisotopic (exact) mass is 756 g/mol. The minimum Gasteiger partial charge on any atom is -0.463 e. The molecule has 0 spiro atoms. The SMILES string of the molecule is C=CCC(C)(/C=C\N(c1ccc(-c2ccc(-c3ccccc3)cc2C(C)(C)C)cc1)c1ccc(-c2cccc3ccccc23)cc1)C1C=c2[nH]ccccoc2=CC1. The molecule has 58 heavy (non-hydrogen) atoms. The summed E-state index contributed by atoms with van der Waals surface area (Å²) in [6.07, 6.45) is 16.6. The standard InChI is InChI=1S/C55H52N2O/c1-6-33-55(5,45-26-32-53-52(39-45)56-35-12-13-37-58-53)34-36-57(46-27-21-42(22-28-46)49-20-14-18-41-17-10-11-19-48(41)49)47-29-23-43(24-30-47)50-31-25-44(38-51(50)54(2,3)4)40-15-8-7-9-16-40/h6-25,27-32,34-39,45,56H,1,26,33H2,2-5H3/b35-12?,36-34-,37-13?. The van der Waals surface area contributed by atoms with E-state index in [0.717, 1.165) is 35.0 Å². The number of benzene rings is 6. The Balaban J connectivity index is 1.19. The Morgan fingerprint density at radius 2 is 1.36 bits per heavy atom. The smallest absolute Gasteiger partial charge is 0.145 e. The number of rotatable bonds is 10. The zero-order valence-electron chi connectivity index (χ0n) is 34.0. The number of aromatic amines is 1. The van der Waals surface area contributed by atoms with Gasteiger partial charge in [-0.15, -0.1) is 6.58 Å². The third kappa shape index (κ3) is 8.12. The number of nitrogens with one attached hydrogen (secondary N) is 1. The highest BCUT2D eigenvalue weighted by Crippen LogP contribution is 2.41. The normalized spacial score (nSPS) is 14.8. The fraction of sp³-hybridized carbons (Fsp3) is 0.164. The molecule has 3 nitrogen and oxygen atoms in total. The topological polar surface area (TPSA) is 32.2 Å². The summed E-state index contributed by atoms with van der Waals surface area (Å²) in [5, 5.41) is 3.49. The van der Waals surface area contributed by atoms with Crippen molar-refractivity contribution in [1.29, 1.82) is 0 Å². The van der Waals surface area contributed by atoms with Gasteiger partial charge in [0.1, 0.15) is 5.42 Å². The second kappa shape index (κ2) is 16.5. The molecule has 0 bridgehead atoms. The van der Waals surface area contributed by atoms with E-state index in [0.29, 0.717) is 0 Å². The van der Waals surface area contributed by atoms with E-state index in [4.69, 9.17) is 4.42 Å². The number of H-pyrrole nitrogens is 1. The van der Waals surface area contributed by atoms with Crippen LogP contribution in [0.3, 0.4) is 0 Å². The molecule has 1 aliphatic carbocycles. The van der Waals surface area contributed by atoms with Gasteiger partial charge < -0.3 is 14.3 Å². The number of nitrogens with zero attached hydrogens (tertiary/aromatic N) is 1. The number of hydrogen-bond donors (Lipinski definition) is 1. The molecule has 1 aromatic heterocycles. The minimum atomic E-state index is -0.219. The molecular weight excluding hydrogens is 705 g/mol. The zero-order chi connectivity index (χ0) is 40.1. The molecule has 0 radical (unpaired) electrons. The summed E-state index contributed by atoms with van der Waals surface area (Å²) >= 11 is 0. The van der Waals surface area contributed by atoms with Gasteiger partial charge in [0, 0.05) is 23.8 Å². The van der Waals surface area contributed by atoms with Gasteiger partial charge in [0.05, 0.1) is 11.6 Å². The van der Waals surface area contributed by atoms with Crippen LogP contribution in [0.2, 0.25) is 0 Å². The van der Waals surface area contributed by atoms with E-state index in [9.17, 15) is 0 Å². The Kier molecular flexibility index (Phi) is 10.9. The molecule has 6 aromatic carbocycles. The number of hydrogen-bond acceptors (Lipinski definition) is 2. The van der Waals surface area contributed by atoms with Crippen LogP contribution in [0.5, 0.6) is 0 Å². The molecule has 1 heterocycles. The van der Waals surface area contributed by atoms with Crippen LogP contribution in [0.1, 0.15) is 46.1 Å². The van der Waals surface area contributed by atoms with Crippen LogP contribution >= 0.6 is 0 Å². The summed E-state index contributed by atoms with van der Waals surface area (Å²) in [5.41, 5.74) is 11.5. The van der Waals surface area contributed by atoms with E-state index in [-0.39, 0.29) is 16.7 Å². The molecule has 0 aliphatic heterocycles. The Morgan fingerprint density at radius 3 is 2.09 bits per heavy atom. The van der Waals surface area contributed by atoms with E-state index in [1.54, 1.807) is 6.26 Å². The average molecular weight is 757 g/mol. The second-order valence-corrected chi connectivity index (χ2v) is 16.6. The lowest BCUT2D eigenvalue weighted by Crippen LogP contribution is -2.35. The van der Waals surface area contributed by atoms with Crippen molar-refractivity contribution in [2.75, 3.05) is 4.90 Å². The Bertz CT molecular complexity index is 2740. The summed E-state index contributed by atoms with van der Waals surface area (Å²) in [5.74, 6) is 0.223. The maximum absolute atomic E-state index is 5.93. The van der Waals surface area contributed by atoms with E-state index in [2.05, 4.69) is 208 Å². The molecule has 0 saturated carbocycles. The highest BCUT2D eigenvalue weighted by atomic mass is 16.3. The highest BCUT2D eigenvalue weighted by molar-refractivity contribution is 5.96. The van der Waals surface area contributed by atoms with Crippen molar-refractivity contribution < 1.29 is 4.42 Å². The lowest BCUT2D eigenvalue weighted by molar-refractivity contribution is 0.329. The van der Waals surface area contributed by atoms with Crippen LogP contribution in [0.15, 0.2) is 193 Å². The van der Waals surface area contributed by atoms with Gasteiger partial charge in [-0.05, 0) is 122 Å². The summed E-state index contributed by atoms with van der Waals surface area (Å²) < 4.78 is 5.93. The first-order valence-electron chi connectivity index (χ1n) is 20.4. The summed E-state index contributed by atoms with van der Waals surface area (Å²) in [6, 6.07) is 54.6. The lowest BCUT2D eigenvalue weighted by Gasteiger charge is -2.34. The van der Waals surface area contributed by atoms with Crippen molar-refractivity contribution in [3.63, 3.8) is 0 Å². The fourth-order valence-corrected chi connectivity index (χ4v) is 8.26. The average Bonchev–Trinajstić information content (AvgIpc) is 3.24. The van der Waals surface area contributed by atoms with Crippen LogP contribution in [-0.4, -0.2) is 4.98 Å². The Labute approximate surface area is 343 Å². The molecule has 2 unspecified atom stereocenters. The molecular formula is C55H52N2O. The van der Waals surface area contributed by atoms with Crippen molar-refractivity contribution in [1.82, 2.24) is 4.98 Å². The Morgan fingerprint density at radius 1 is 0.690 bits per heavy atom. The highest BCUT2D eigenvalue weighted by Gasteiger charge is 2.30. The first-order valence-corrected chi connectivity index (χ1v) is 20.4. The van der Waals surface area contributed by atoms with Gasteiger partial charge in [-0.25, -0.2) is 0 Å². The maximum Gasteiger partial charge on any atom is 0.145 e. The number of allylic oxidation sites excluding steroid dienone is 2. The predicted molar refractivity (Wildman–Crippen MR) is 247 cm³/mol. The lowest BCUT2D eigenvalue weighted by atomic mass is 9.72. The molecule has 8 rings (SSSR count). The van der Waals surface area contributed by atoms with Gasteiger partial charge in [-0.3, -0.25) is 0 Å². The minimum absolute atomic E-state index is 0.0377. The van der Waals surface area contributed by atoms with Crippen molar-refractivity contribution in [3.05, 3.63) is 205 Å². The molecule has 0 saturated heterocycles. The molecule has 1 N–H and O–H groups in total. The summed E-state index contributed by atoms with van der Waals surface area (Å²) in [7, 11) is 0. The van der Waals surface area contributed by atoms with E-state index < -0.39 is 0 Å². The van der Waals surface area contributed by atoms with E-state index >= 15 is 0 Å². The summed E-state index contributed by atoms with van der Waals surface area (Å²) in [4.78, 5) is 5.76. The third-order valence-electron chi connectivity index (χ3n) is 11.6. The summed E-state index contributed by atoms with van der Waals surface area (Å²) in [6.45, 7) is 13.4. The van der Waals surface area contributed by atoms with Crippen LogP contribution in [-0.2, 0) is 5.41 Å². The first-order chi connectivity index (χ1) is 28.2. The molecule has 0 amide bonds. The van der Waals surface area contributed by atoms with Gasteiger partial charge in [0.15, 0.2) is 0 Å². The van der Waals surface area contributed by atoms with Gasteiger partial charge in [0.25, 0.3) is 0 Å². The molecule has 288 valence electrons. The van der Waals surface area contributed by atoms with Gasteiger partial charge in [0.2, 0.25) is 0 Å². The molecule has 2 atom stereocenters. The van der Waals surface area contributed by atoms with Crippen LogP contribution in [0.4, 0.5) is 11.4 Å².